The molecule has 0 spiro atoms. The third kappa shape index (κ3) is 1.86. The van der Waals surface area contributed by atoms with Crippen LogP contribution >= 0.6 is 0 Å². The molecule has 0 unspecified atom stereocenters. The number of ketones is 1. The van der Waals surface area contributed by atoms with Gasteiger partial charge in [-0.1, -0.05) is 0 Å². The molecule has 0 amide bonds. The van der Waals surface area contributed by atoms with Gasteiger partial charge in [0.25, 0.3) is 0 Å². The highest BCUT2D eigenvalue weighted by Gasteiger charge is 2.20. The normalized spacial score (nSPS) is 12.9. The molecule has 1 aromatic rings. The van der Waals surface area contributed by atoms with Crippen LogP contribution in [0.2, 0.25) is 0 Å². The second kappa shape index (κ2) is 4.49. The highest BCUT2D eigenvalue weighted by molar-refractivity contribution is 5.98. The van der Waals surface area contributed by atoms with Crippen LogP contribution in [0.4, 0.5) is 4.39 Å². The first-order valence-corrected chi connectivity index (χ1v) is 4.98. The van der Waals surface area contributed by atoms with Crippen molar-refractivity contribution in [1.82, 2.24) is 0 Å². The van der Waals surface area contributed by atoms with Crippen LogP contribution in [0.1, 0.15) is 22.3 Å². The predicted octanol–water partition coefficient (Wildman–Crippen LogP) is 1.42. The van der Waals surface area contributed by atoms with Crippen molar-refractivity contribution in [2.75, 3.05) is 13.3 Å². The van der Waals surface area contributed by atoms with E-state index in [4.69, 9.17) is 15.2 Å². The van der Waals surface area contributed by atoms with Crippen molar-refractivity contribution in [2.45, 2.75) is 13.1 Å². The van der Waals surface area contributed by atoms with Crippen molar-refractivity contribution in [3.8, 4) is 11.5 Å². The molecule has 0 saturated heterocycles. The Hall–Kier alpha value is -1.62. The summed E-state index contributed by atoms with van der Waals surface area (Å²) in [6.45, 7) is -0.350. The van der Waals surface area contributed by atoms with Gasteiger partial charge in [-0.15, -0.1) is 0 Å². The van der Waals surface area contributed by atoms with E-state index in [-0.39, 0.29) is 25.5 Å². The van der Waals surface area contributed by atoms with E-state index in [0.29, 0.717) is 22.6 Å². The molecule has 0 atom stereocenters. The summed E-state index contributed by atoms with van der Waals surface area (Å²) in [7, 11) is 0. The fraction of sp³-hybridized carbons (Fsp3) is 0.364. The number of nitrogens with two attached hydrogens (primary N) is 1. The van der Waals surface area contributed by atoms with Gasteiger partial charge < -0.3 is 15.2 Å². The van der Waals surface area contributed by atoms with Crippen LogP contribution in [0.5, 0.6) is 11.5 Å². The van der Waals surface area contributed by atoms with Gasteiger partial charge in [-0.05, 0) is 24.2 Å². The minimum atomic E-state index is -0.706. The molecule has 16 heavy (non-hydrogen) atoms. The summed E-state index contributed by atoms with van der Waals surface area (Å²) in [5.41, 5.74) is 5.95. The second-order valence-electron chi connectivity index (χ2n) is 3.46. The first-order chi connectivity index (χ1) is 7.76. The number of alkyl halides is 1. The van der Waals surface area contributed by atoms with E-state index < -0.39 is 6.67 Å². The number of carbonyl (C=O) groups excluding carboxylic acids is 1. The number of hydrogen-bond acceptors (Lipinski definition) is 4. The van der Waals surface area contributed by atoms with Gasteiger partial charge in [-0.2, -0.15) is 0 Å². The van der Waals surface area contributed by atoms with Gasteiger partial charge in [0.05, 0.1) is 0 Å². The number of rotatable bonds is 4. The fourth-order valence-electron chi connectivity index (χ4n) is 1.62. The van der Waals surface area contributed by atoms with Crippen molar-refractivity contribution in [1.29, 1.82) is 0 Å². The van der Waals surface area contributed by atoms with E-state index in [0.717, 1.165) is 0 Å². The molecule has 5 heteroatoms. The lowest BCUT2D eigenvalue weighted by molar-refractivity contribution is 0.0983. The van der Waals surface area contributed by atoms with Gasteiger partial charge in [-0.3, -0.25) is 4.79 Å². The summed E-state index contributed by atoms with van der Waals surface area (Å²) in [4.78, 5) is 11.7. The lowest BCUT2D eigenvalue weighted by atomic mass is 10.0. The van der Waals surface area contributed by atoms with Crippen LogP contribution in [0, 0.1) is 0 Å². The second-order valence-corrected chi connectivity index (χ2v) is 3.46. The molecule has 0 saturated carbocycles. The molecule has 1 aliphatic rings. The van der Waals surface area contributed by atoms with Crippen molar-refractivity contribution < 1.29 is 18.7 Å². The zero-order chi connectivity index (χ0) is 11.5. The number of carbonyl (C=O) groups is 1. The van der Waals surface area contributed by atoms with Gasteiger partial charge in [0.1, 0.15) is 6.67 Å². The van der Waals surface area contributed by atoms with Crippen molar-refractivity contribution in [3.05, 3.63) is 23.3 Å². The van der Waals surface area contributed by atoms with Crippen LogP contribution < -0.4 is 15.2 Å². The SMILES string of the molecule is NCCC(=O)c1cc2c(cc1CF)OCO2. The summed E-state index contributed by atoms with van der Waals surface area (Å²) >= 11 is 0. The maximum Gasteiger partial charge on any atom is 0.231 e. The average molecular weight is 225 g/mol. The molecule has 4 nitrogen and oxygen atoms in total. The molecule has 2 N–H and O–H groups in total. The third-order valence-corrected chi connectivity index (χ3v) is 2.41. The highest BCUT2D eigenvalue weighted by Crippen LogP contribution is 2.35. The Bertz CT molecular complexity index is 420. The van der Waals surface area contributed by atoms with E-state index in [9.17, 15) is 9.18 Å². The monoisotopic (exact) mass is 225 g/mol. The molecule has 0 aliphatic carbocycles. The highest BCUT2D eigenvalue weighted by atomic mass is 19.1. The van der Waals surface area contributed by atoms with E-state index in [1.807, 2.05) is 0 Å². The largest absolute Gasteiger partial charge is 0.454 e. The van der Waals surface area contributed by atoms with Crippen LogP contribution in [-0.4, -0.2) is 19.1 Å². The van der Waals surface area contributed by atoms with Crippen molar-refractivity contribution in [3.63, 3.8) is 0 Å². The maximum absolute atomic E-state index is 12.8. The van der Waals surface area contributed by atoms with Crippen LogP contribution in [0.3, 0.4) is 0 Å². The Kier molecular flexibility index (Phi) is 3.05. The van der Waals surface area contributed by atoms with Crippen molar-refractivity contribution in [2.24, 2.45) is 5.73 Å². The predicted molar refractivity (Wildman–Crippen MR) is 55.4 cm³/mol. The van der Waals surface area contributed by atoms with Gasteiger partial charge >= 0.3 is 0 Å². The summed E-state index contributed by atoms with van der Waals surface area (Å²) in [5, 5.41) is 0. The molecule has 0 fully saturated rings. The molecule has 1 aromatic carbocycles. The van der Waals surface area contributed by atoms with E-state index >= 15 is 0 Å². The number of ether oxygens (including phenoxy) is 2. The Morgan fingerprint density at radius 1 is 1.38 bits per heavy atom. The number of benzene rings is 1. The lowest BCUT2D eigenvalue weighted by Crippen LogP contribution is -2.10. The van der Waals surface area contributed by atoms with Crippen LogP contribution in [0.15, 0.2) is 12.1 Å². The average Bonchev–Trinajstić information content (AvgIpc) is 2.74. The van der Waals surface area contributed by atoms with Gasteiger partial charge in [0.15, 0.2) is 17.3 Å². The van der Waals surface area contributed by atoms with Crippen LogP contribution in [-0.2, 0) is 6.67 Å². The standard InChI is InChI=1S/C11H12FNO3/c12-5-7-3-10-11(16-6-15-10)4-8(7)9(14)1-2-13/h3-4H,1-2,5-6,13H2. The number of fused-ring (bicyclic) bond motifs is 1. The summed E-state index contributed by atoms with van der Waals surface area (Å²) in [6, 6.07) is 3.03. The van der Waals surface area contributed by atoms with Crippen molar-refractivity contribution >= 4 is 5.78 Å². The quantitative estimate of drug-likeness (QED) is 0.787. The summed E-state index contributed by atoms with van der Waals surface area (Å²) in [5.74, 6) is 0.794. The Labute approximate surface area is 92.1 Å². The van der Waals surface area contributed by atoms with E-state index in [1.54, 1.807) is 0 Å². The maximum atomic E-state index is 12.8. The molecule has 1 heterocycles. The fourth-order valence-corrected chi connectivity index (χ4v) is 1.62. The van der Waals surface area contributed by atoms with Gasteiger partial charge in [0.2, 0.25) is 6.79 Å². The molecule has 0 aromatic heterocycles. The third-order valence-electron chi connectivity index (χ3n) is 2.41. The molecular formula is C11H12FNO3. The lowest BCUT2D eigenvalue weighted by Gasteiger charge is -2.06. The Balaban J connectivity index is 2.39. The minimum Gasteiger partial charge on any atom is -0.454 e. The molecule has 1 aliphatic heterocycles. The number of hydrogen-bond donors (Lipinski definition) is 1. The first-order valence-electron chi connectivity index (χ1n) is 4.98. The summed E-state index contributed by atoms with van der Waals surface area (Å²) < 4.78 is 23.0. The van der Waals surface area contributed by atoms with E-state index in [2.05, 4.69) is 0 Å². The molecule has 0 bridgehead atoms. The van der Waals surface area contributed by atoms with Crippen LogP contribution in [0.25, 0.3) is 0 Å². The number of Topliss-reactive ketones (excluding diaryl/α,β-unsaturated/α-hetero) is 1. The topological polar surface area (TPSA) is 61.6 Å². The smallest absolute Gasteiger partial charge is 0.231 e. The molecule has 86 valence electrons. The molecular weight excluding hydrogens is 213 g/mol. The molecule has 2 rings (SSSR count). The van der Waals surface area contributed by atoms with E-state index in [1.165, 1.54) is 12.1 Å². The minimum absolute atomic E-state index is 0.107. The van der Waals surface area contributed by atoms with Gasteiger partial charge in [0, 0.05) is 12.0 Å². The first kappa shape index (κ1) is 10.9. The zero-order valence-electron chi connectivity index (χ0n) is 8.66. The number of halogens is 1. The molecule has 0 radical (unpaired) electrons. The Morgan fingerprint density at radius 3 is 2.69 bits per heavy atom. The van der Waals surface area contributed by atoms with Gasteiger partial charge in [-0.25, -0.2) is 4.39 Å². The summed E-state index contributed by atoms with van der Waals surface area (Å²) in [6.07, 6.45) is 0.201. The Morgan fingerprint density at radius 2 is 2.06 bits per heavy atom. The zero-order valence-corrected chi connectivity index (χ0v) is 8.66.